The standard InChI is InChI=1S/C16H22F3NS/c1-11(20-14-5-3-4-6-15(14)21-2)12-7-9-13(10-8-12)16(17,18)19/h7-11,14-15,20H,3-6H2,1-2H3. The zero-order valence-electron chi connectivity index (χ0n) is 12.4. The molecule has 1 nitrogen and oxygen atoms in total. The van der Waals surface area contributed by atoms with Gasteiger partial charge in [0.25, 0.3) is 0 Å². The zero-order valence-corrected chi connectivity index (χ0v) is 13.2. The Balaban J connectivity index is 2.01. The fraction of sp³-hybridized carbons (Fsp3) is 0.625. The van der Waals surface area contributed by atoms with E-state index >= 15 is 0 Å². The second kappa shape index (κ2) is 7.05. The summed E-state index contributed by atoms with van der Waals surface area (Å²) in [7, 11) is 0. The largest absolute Gasteiger partial charge is 0.416 e. The monoisotopic (exact) mass is 317 g/mol. The highest BCUT2D eigenvalue weighted by Gasteiger charge is 2.30. The quantitative estimate of drug-likeness (QED) is 0.836. The van der Waals surface area contributed by atoms with Crippen molar-refractivity contribution in [3.8, 4) is 0 Å². The Labute approximate surface area is 128 Å². The molecule has 1 fully saturated rings. The van der Waals surface area contributed by atoms with Gasteiger partial charge in [0.15, 0.2) is 0 Å². The highest BCUT2D eigenvalue weighted by molar-refractivity contribution is 7.99. The summed E-state index contributed by atoms with van der Waals surface area (Å²) in [4.78, 5) is 0. The molecular formula is C16H22F3NS. The molecule has 0 heterocycles. The molecule has 1 aromatic rings. The number of thioether (sulfide) groups is 1. The van der Waals surface area contributed by atoms with E-state index < -0.39 is 11.7 Å². The van der Waals surface area contributed by atoms with Crippen LogP contribution in [0.25, 0.3) is 0 Å². The highest BCUT2D eigenvalue weighted by atomic mass is 32.2. The molecule has 5 heteroatoms. The summed E-state index contributed by atoms with van der Waals surface area (Å²) in [6.07, 6.45) is 2.75. The van der Waals surface area contributed by atoms with Crippen LogP contribution in [0.1, 0.15) is 49.8 Å². The fourth-order valence-corrected chi connectivity index (χ4v) is 3.89. The van der Waals surface area contributed by atoms with Crippen LogP contribution in [0.2, 0.25) is 0 Å². The molecule has 1 N–H and O–H groups in total. The van der Waals surface area contributed by atoms with Gasteiger partial charge in [-0.2, -0.15) is 24.9 Å². The Bertz CT molecular complexity index is 444. The van der Waals surface area contributed by atoms with Crippen LogP contribution in [-0.2, 0) is 6.18 Å². The average molecular weight is 317 g/mol. The van der Waals surface area contributed by atoms with Gasteiger partial charge in [-0.15, -0.1) is 0 Å². The minimum atomic E-state index is -4.26. The van der Waals surface area contributed by atoms with Gasteiger partial charge in [-0.3, -0.25) is 0 Å². The molecule has 1 saturated carbocycles. The van der Waals surface area contributed by atoms with E-state index in [1.165, 1.54) is 31.4 Å². The summed E-state index contributed by atoms with van der Waals surface area (Å²) in [5, 5.41) is 4.20. The Morgan fingerprint density at radius 3 is 2.33 bits per heavy atom. The molecule has 118 valence electrons. The molecule has 1 aliphatic rings. The van der Waals surface area contributed by atoms with E-state index in [0.717, 1.165) is 12.0 Å². The second-order valence-corrected chi connectivity index (χ2v) is 6.75. The lowest BCUT2D eigenvalue weighted by Gasteiger charge is -2.33. The van der Waals surface area contributed by atoms with Gasteiger partial charge in [0.05, 0.1) is 5.56 Å². The first kappa shape index (κ1) is 16.7. The van der Waals surface area contributed by atoms with Gasteiger partial charge in [-0.05, 0) is 43.7 Å². The summed E-state index contributed by atoms with van der Waals surface area (Å²) >= 11 is 1.89. The van der Waals surface area contributed by atoms with Crippen LogP contribution in [-0.4, -0.2) is 17.5 Å². The lowest BCUT2D eigenvalue weighted by molar-refractivity contribution is -0.137. The third-order valence-corrected chi connectivity index (χ3v) is 5.38. The van der Waals surface area contributed by atoms with Crippen LogP contribution in [0.15, 0.2) is 24.3 Å². The van der Waals surface area contributed by atoms with Crippen molar-refractivity contribution in [2.75, 3.05) is 6.26 Å². The van der Waals surface area contributed by atoms with Crippen LogP contribution in [0.5, 0.6) is 0 Å². The number of alkyl halides is 3. The lowest BCUT2D eigenvalue weighted by Crippen LogP contribution is -2.41. The van der Waals surface area contributed by atoms with E-state index in [-0.39, 0.29) is 6.04 Å². The van der Waals surface area contributed by atoms with E-state index in [0.29, 0.717) is 11.3 Å². The summed E-state index contributed by atoms with van der Waals surface area (Å²) in [6.45, 7) is 2.02. The molecular weight excluding hydrogens is 295 g/mol. The van der Waals surface area contributed by atoms with E-state index in [2.05, 4.69) is 11.6 Å². The van der Waals surface area contributed by atoms with Gasteiger partial charge in [-0.25, -0.2) is 0 Å². The van der Waals surface area contributed by atoms with Crippen molar-refractivity contribution in [2.45, 2.75) is 56.1 Å². The zero-order chi connectivity index (χ0) is 15.5. The molecule has 21 heavy (non-hydrogen) atoms. The number of benzene rings is 1. The van der Waals surface area contributed by atoms with Crippen molar-refractivity contribution in [2.24, 2.45) is 0 Å². The molecule has 0 amide bonds. The molecule has 1 aliphatic carbocycles. The minimum Gasteiger partial charge on any atom is -0.306 e. The smallest absolute Gasteiger partial charge is 0.306 e. The topological polar surface area (TPSA) is 12.0 Å². The van der Waals surface area contributed by atoms with Crippen molar-refractivity contribution in [1.29, 1.82) is 0 Å². The second-order valence-electron chi connectivity index (χ2n) is 5.67. The van der Waals surface area contributed by atoms with Crippen LogP contribution < -0.4 is 5.32 Å². The van der Waals surface area contributed by atoms with Crippen LogP contribution >= 0.6 is 11.8 Å². The van der Waals surface area contributed by atoms with E-state index in [4.69, 9.17) is 0 Å². The first-order valence-corrected chi connectivity index (χ1v) is 8.66. The SMILES string of the molecule is CSC1CCCCC1NC(C)c1ccc(C(F)(F)F)cc1. The normalized spacial score (nSPS) is 24.8. The van der Waals surface area contributed by atoms with Gasteiger partial charge in [0.1, 0.15) is 0 Å². The fourth-order valence-electron chi connectivity index (χ4n) is 2.95. The molecule has 0 aliphatic heterocycles. The summed E-state index contributed by atoms with van der Waals surface area (Å²) in [5.74, 6) is 0. The first-order chi connectivity index (χ1) is 9.91. The van der Waals surface area contributed by atoms with Gasteiger partial charge in [0, 0.05) is 17.3 Å². The Kier molecular flexibility index (Phi) is 5.60. The predicted octanol–water partition coefficient (Wildman–Crippen LogP) is 5.03. The molecule has 3 unspecified atom stereocenters. The van der Waals surface area contributed by atoms with Crippen LogP contribution in [0.4, 0.5) is 13.2 Å². The van der Waals surface area contributed by atoms with E-state index in [1.54, 1.807) is 12.1 Å². The molecule has 3 atom stereocenters. The van der Waals surface area contributed by atoms with Gasteiger partial charge >= 0.3 is 6.18 Å². The lowest BCUT2D eigenvalue weighted by atomic mass is 9.93. The Morgan fingerprint density at radius 2 is 1.76 bits per heavy atom. The van der Waals surface area contributed by atoms with E-state index in [1.807, 2.05) is 18.7 Å². The van der Waals surface area contributed by atoms with Crippen molar-refractivity contribution < 1.29 is 13.2 Å². The summed E-state index contributed by atoms with van der Waals surface area (Å²) in [6, 6.07) is 6.02. The number of nitrogens with one attached hydrogen (secondary N) is 1. The van der Waals surface area contributed by atoms with E-state index in [9.17, 15) is 13.2 Å². The predicted molar refractivity (Wildman–Crippen MR) is 82.6 cm³/mol. The molecule has 0 spiro atoms. The first-order valence-electron chi connectivity index (χ1n) is 7.38. The number of rotatable bonds is 4. The Hall–Kier alpha value is -0.680. The van der Waals surface area contributed by atoms with Gasteiger partial charge < -0.3 is 5.32 Å². The third-order valence-electron chi connectivity index (χ3n) is 4.21. The molecule has 0 bridgehead atoms. The minimum absolute atomic E-state index is 0.0741. The molecule has 0 radical (unpaired) electrons. The maximum Gasteiger partial charge on any atom is 0.416 e. The van der Waals surface area contributed by atoms with Crippen LogP contribution in [0, 0.1) is 0 Å². The molecule has 0 saturated heterocycles. The highest BCUT2D eigenvalue weighted by Crippen LogP contribution is 2.31. The number of hydrogen-bond acceptors (Lipinski definition) is 2. The van der Waals surface area contributed by atoms with Gasteiger partial charge in [0.2, 0.25) is 0 Å². The maximum absolute atomic E-state index is 12.6. The number of hydrogen-bond donors (Lipinski definition) is 1. The van der Waals surface area contributed by atoms with Gasteiger partial charge in [-0.1, -0.05) is 25.0 Å². The van der Waals surface area contributed by atoms with Crippen LogP contribution in [0.3, 0.4) is 0 Å². The molecule has 1 aromatic carbocycles. The summed E-state index contributed by atoms with van der Waals surface area (Å²) in [5.41, 5.74) is 0.325. The van der Waals surface area contributed by atoms with Crippen molar-refractivity contribution in [1.82, 2.24) is 5.32 Å². The number of halogens is 3. The maximum atomic E-state index is 12.6. The average Bonchev–Trinajstić information content (AvgIpc) is 2.47. The van der Waals surface area contributed by atoms with Crippen molar-refractivity contribution in [3.63, 3.8) is 0 Å². The third kappa shape index (κ3) is 4.39. The molecule has 0 aromatic heterocycles. The molecule has 2 rings (SSSR count). The van der Waals surface area contributed by atoms with Crippen molar-refractivity contribution >= 4 is 11.8 Å². The Morgan fingerprint density at radius 1 is 1.14 bits per heavy atom. The summed E-state index contributed by atoms with van der Waals surface area (Å²) < 4.78 is 37.7. The van der Waals surface area contributed by atoms with Crippen molar-refractivity contribution in [3.05, 3.63) is 35.4 Å².